The fourth-order valence-electron chi connectivity index (χ4n) is 3.40. The van der Waals surface area contributed by atoms with Gasteiger partial charge in [-0.05, 0) is 24.3 Å². The van der Waals surface area contributed by atoms with Crippen LogP contribution in [0.5, 0.6) is 5.75 Å². The van der Waals surface area contributed by atoms with Crippen molar-refractivity contribution in [3.63, 3.8) is 0 Å². The van der Waals surface area contributed by atoms with E-state index in [-0.39, 0.29) is 5.75 Å². The van der Waals surface area contributed by atoms with Crippen LogP contribution in [-0.4, -0.2) is 51.2 Å². The van der Waals surface area contributed by atoms with E-state index >= 15 is 0 Å². The highest BCUT2D eigenvalue weighted by Crippen LogP contribution is 2.29. The number of aromatic nitrogens is 1. The van der Waals surface area contributed by atoms with Gasteiger partial charge < -0.3 is 14.2 Å². The molecule has 1 aromatic heterocycles. The van der Waals surface area contributed by atoms with Crippen LogP contribution in [0.1, 0.15) is 5.69 Å². The first-order valence-corrected chi connectivity index (χ1v) is 10.4. The zero-order valence-electron chi connectivity index (χ0n) is 15.0. The molecule has 0 spiro atoms. The molecule has 1 aliphatic heterocycles. The van der Waals surface area contributed by atoms with Crippen molar-refractivity contribution in [2.45, 2.75) is 5.75 Å². The Balaban J connectivity index is 1.47. The summed E-state index contributed by atoms with van der Waals surface area (Å²) in [4.78, 5) is 2.15. The molecular formula is C19H21N3O4S. The van der Waals surface area contributed by atoms with Crippen LogP contribution in [0.2, 0.25) is 0 Å². The predicted molar refractivity (Wildman–Crippen MR) is 103 cm³/mol. The molecule has 7 nitrogen and oxygen atoms in total. The summed E-state index contributed by atoms with van der Waals surface area (Å²) in [5.74, 6) is 0.640. The Morgan fingerprint density at radius 2 is 1.74 bits per heavy atom. The van der Waals surface area contributed by atoms with Crippen molar-refractivity contribution in [3.05, 3.63) is 54.2 Å². The lowest BCUT2D eigenvalue weighted by molar-refractivity contribution is 0.376. The van der Waals surface area contributed by atoms with Gasteiger partial charge in [0.15, 0.2) is 5.58 Å². The molecule has 0 radical (unpaired) electrons. The number of benzene rings is 2. The number of hydrogen-bond donors (Lipinski definition) is 0. The SMILES string of the molecule is COc1ccccc1N1CCN(S(=O)(=O)Cc2noc3ccccc23)CC1. The van der Waals surface area contributed by atoms with Crippen LogP contribution in [0, 0.1) is 0 Å². The molecule has 27 heavy (non-hydrogen) atoms. The smallest absolute Gasteiger partial charge is 0.220 e. The average Bonchev–Trinajstić information content (AvgIpc) is 3.10. The molecule has 8 heteroatoms. The van der Waals surface area contributed by atoms with Gasteiger partial charge in [0.25, 0.3) is 0 Å². The van der Waals surface area contributed by atoms with E-state index in [1.54, 1.807) is 13.2 Å². The van der Waals surface area contributed by atoms with Crippen LogP contribution in [0.25, 0.3) is 11.0 Å². The average molecular weight is 387 g/mol. The Bertz CT molecular complexity index is 1040. The first kappa shape index (κ1) is 17.8. The van der Waals surface area contributed by atoms with Crippen LogP contribution < -0.4 is 9.64 Å². The highest BCUT2D eigenvalue weighted by Gasteiger charge is 2.29. The number of nitrogens with zero attached hydrogens (tertiary/aromatic N) is 3. The minimum Gasteiger partial charge on any atom is -0.495 e. The van der Waals surface area contributed by atoms with Crippen molar-refractivity contribution < 1.29 is 17.7 Å². The number of ether oxygens (including phenoxy) is 1. The summed E-state index contributed by atoms with van der Waals surface area (Å²) < 4.78 is 37.9. The van der Waals surface area contributed by atoms with Gasteiger partial charge in [0.05, 0.1) is 12.8 Å². The van der Waals surface area contributed by atoms with Gasteiger partial charge in [-0.3, -0.25) is 0 Å². The molecule has 0 bridgehead atoms. The van der Waals surface area contributed by atoms with E-state index < -0.39 is 10.0 Å². The van der Waals surface area contributed by atoms with Gasteiger partial charge >= 0.3 is 0 Å². The van der Waals surface area contributed by atoms with Crippen molar-refractivity contribution >= 4 is 26.7 Å². The number of hydrogen-bond acceptors (Lipinski definition) is 6. The highest BCUT2D eigenvalue weighted by atomic mass is 32.2. The predicted octanol–water partition coefficient (Wildman–Crippen LogP) is 2.49. The van der Waals surface area contributed by atoms with E-state index in [1.807, 2.05) is 42.5 Å². The van der Waals surface area contributed by atoms with Gasteiger partial charge in [0.2, 0.25) is 10.0 Å². The monoisotopic (exact) mass is 387 g/mol. The second-order valence-electron chi connectivity index (χ2n) is 6.44. The van der Waals surface area contributed by atoms with E-state index in [4.69, 9.17) is 9.26 Å². The van der Waals surface area contributed by atoms with Crippen molar-refractivity contribution in [1.29, 1.82) is 0 Å². The maximum atomic E-state index is 12.9. The molecule has 1 aliphatic rings. The summed E-state index contributed by atoms with van der Waals surface area (Å²) in [5, 5.41) is 4.70. The third kappa shape index (κ3) is 3.50. The molecule has 2 heterocycles. The number of para-hydroxylation sites is 3. The summed E-state index contributed by atoms with van der Waals surface area (Å²) in [6, 6.07) is 15.1. The second-order valence-corrected chi connectivity index (χ2v) is 8.41. The highest BCUT2D eigenvalue weighted by molar-refractivity contribution is 7.88. The van der Waals surface area contributed by atoms with Crippen LogP contribution in [-0.2, 0) is 15.8 Å². The third-order valence-corrected chi connectivity index (χ3v) is 6.62. The second kappa shape index (κ2) is 7.21. The van der Waals surface area contributed by atoms with Crippen LogP contribution >= 0.6 is 0 Å². The number of anilines is 1. The molecular weight excluding hydrogens is 366 g/mol. The summed E-state index contributed by atoms with van der Waals surface area (Å²) in [6.45, 7) is 2.07. The number of rotatable bonds is 5. The van der Waals surface area contributed by atoms with Gasteiger partial charge in [0, 0.05) is 31.6 Å². The molecule has 0 atom stereocenters. The first-order valence-electron chi connectivity index (χ1n) is 8.77. The topological polar surface area (TPSA) is 75.9 Å². The summed E-state index contributed by atoms with van der Waals surface area (Å²) in [7, 11) is -1.83. The van der Waals surface area contributed by atoms with Gasteiger partial charge in [0.1, 0.15) is 17.2 Å². The number of piperazine rings is 1. The Morgan fingerprint density at radius 1 is 1.04 bits per heavy atom. The molecule has 0 amide bonds. The van der Waals surface area contributed by atoms with Crippen LogP contribution in [0.4, 0.5) is 5.69 Å². The van der Waals surface area contributed by atoms with Gasteiger partial charge in [-0.25, -0.2) is 8.42 Å². The van der Waals surface area contributed by atoms with Crippen LogP contribution in [0.15, 0.2) is 53.1 Å². The maximum absolute atomic E-state index is 12.9. The fourth-order valence-corrected chi connectivity index (χ4v) is 4.86. The standard InChI is InChI=1S/C19H21N3O4S/c1-25-19-9-5-3-7-17(19)21-10-12-22(13-11-21)27(23,24)14-16-15-6-2-4-8-18(15)26-20-16/h2-9H,10-14H2,1H3. The molecule has 0 N–H and O–H groups in total. The molecule has 0 aliphatic carbocycles. The van der Waals surface area contributed by atoms with Crippen molar-refractivity contribution in [2.75, 3.05) is 38.2 Å². The lowest BCUT2D eigenvalue weighted by Crippen LogP contribution is -2.49. The van der Waals surface area contributed by atoms with E-state index in [0.717, 1.165) is 16.8 Å². The number of methoxy groups -OCH3 is 1. The lowest BCUT2D eigenvalue weighted by atomic mass is 10.2. The van der Waals surface area contributed by atoms with E-state index in [9.17, 15) is 8.42 Å². The van der Waals surface area contributed by atoms with Gasteiger partial charge in [-0.1, -0.05) is 29.4 Å². The Labute approximate surface area is 158 Å². The summed E-state index contributed by atoms with van der Waals surface area (Å²) in [6.07, 6.45) is 0. The quantitative estimate of drug-likeness (QED) is 0.670. The minimum absolute atomic E-state index is 0.154. The number of sulfonamides is 1. The first-order chi connectivity index (χ1) is 13.1. The van der Waals surface area contributed by atoms with Gasteiger partial charge in [-0.2, -0.15) is 4.31 Å². The molecule has 3 aromatic rings. The zero-order valence-corrected chi connectivity index (χ0v) is 15.9. The minimum atomic E-state index is -3.47. The molecule has 1 saturated heterocycles. The molecule has 0 unspecified atom stereocenters. The Morgan fingerprint density at radius 3 is 2.52 bits per heavy atom. The van der Waals surface area contributed by atoms with E-state index in [1.165, 1.54) is 4.31 Å². The molecule has 4 rings (SSSR count). The maximum Gasteiger partial charge on any atom is 0.220 e. The van der Waals surface area contributed by atoms with E-state index in [0.29, 0.717) is 37.5 Å². The van der Waals surface area contributed by atoms with Crippen LogP contribution in [0.3, 0.4) is 0 Å². The molecule has 0 saturated carbocycles. The van der Waals surface area contributed by atoms with E-state index in [2.05, 4.69) is 10.1 Å². The molecule has 1 fully saturated rings. The summed E-state index contributed by atoms with van der Waals surface area (Å²) >= 11 is 0. The summed E-state index contributed by atoms with van der Waals surface area (Å²) in [5.41, 5.74) is 2.04. The molecule has 142 valence electrons. The van der Waals surface area contributed by atoms with Crippen molar-refractivity contribution in [1.82, 2.24) is 9.46 Å². The third-order valence-electron chi connectivity index (χ3n) is 4.83. The van der Waals surface area contributed by atoms with Crippen molar-refractivity contribution in [2.24, 2.45) is 0 Å². The van der Waals surface area contributed by atoms with Crippen molar-refractivity contribution in [3.8, 4) is 5.75 Å². The van der Waals surface area contributed by atoms with Gasteiger partial charge in [-0.15, -0.1) is 0 Å². The Kier molecular flexibility index (Phi) is 4.75. The largest absolute Gasteiger partial charge is 0.495 e. The Hall–Kier alpha value is -2.58. The zero-order chi connectivity index (χ0) is 18.9. The number of fused-ring (bicyclic) bond motifs is 1. The normalized spacial score (nSPS) is 16.0. The molecule has 2 aromatic carbocycles. The lowest BCUT2D eigenvalue weighted by Gasteiger charge is -2.35. The fraction of sp³-hybridized carbons (Fsp3) is 0.316.